The van der Waals surface area contributed by atoms with Crippen molar-refractivity contribution in [2.45, 2.75) is 19.1 Å². The highest BCUT2D eigenvalue weighted by molar-refractivity contribution is 7.99. The zero-order chi connectivity index (χ0) is 20.8. The second-order valence-corrected chi connectivity index (χ2v) is 7.96. The lowest BCUT2D eigenvalue weighted by molar-refractivity contribution is -0.127. The molecule has 1 aromatic heterocycles. The number of amides is 1. The van der Waals surface area contributed by atoms with E-state index in [9.17, 15) is 4.79 Å². The SMILES string of the molecule is Cc1cc(C)cc(OCCN(C)C(=O)CSc2nnc(-c3ccccc3Cl)o2)c1. The summed E-state index contributed by atoms with van der Waals surface area (Å²) in [7, 11) is 1.75. The molecular formula is C21H22ClN3O3S. The summed E-state index contributed by atoms with van der Waals surface area (Å²) in [6.45, 7) is 4.97. The van der Waals surface area contributed by atoms with E-state index in [2.05, 4.69) is 16.3 Å². The summed E-state index contributed by atoms with van der Waals surface area (Å²) in [6.07, 6.45) is 0. The number of nitrogens with zero attached hydrogens (tertiary/aromatic N) is 3. The zero-order valence-electron chi connectivity index (χ0n) is 16.5. The van der Waals surface area contributed by atoms with Crippen LogP contribution in [-0.4, -0.2) is 47.0 Å². The minimum atomic E-state index is -0.0449. The average molecular weight is 432 g/mol. The Bertz CT molecular complexity index is 973. The largest absolute Gasteiger partial charge is 0.492 e. The zero-order valence-corrected chi connectivity index (χ0v) is 18.1. The van der Waals surface area contributed by atoms with Crippen LogP contribution in [0.25, 0.3) is 11.5 Å². The highest BCUT2D eigenvalue weighted by atomic mass is 35.5. The predicted octanol–water partition coefficient (Wildman–Crippen LogP) is 4.64. The summed E-state index contributed by atoms with van der Waals surface area (Å²) in [5.74, 6) is 1.30. The van der Waals surface area contributed by atoms with Crippen molar-refractivity contribution in [2.24, 2.45) is 0 Å². The van der Waals surface area contributed by atoms with Crippen molar-refractivity contribution >= 4 is 29.3 Å². The molecule has 0 saturated carbocycles. The predicted molar refractivity (Wildman–Crippen MR) is 115 cm³/mol. The first-order valence-electron chi connectivity index (χ1n) is 9.08. The molecule has 0 radical (unpaired) electrons. The highest BCUT2D eigenvalue weighted by Gasteiger charge is 2.15. The van der Waals surface area contributed by atoms with Crippen LogP contribution >= 0.6 is 23.4 Å². The van der Waals surface area contributed by atoms with Crippen molar-refractivity contribution in [2.75, 3.05) is 26.0 Å². The maximum Gasteiger partial charge on any atom is 0.277 e. The van der Waals surface area contributed by atoms with Crippen molar-refractivity contribution in [1.82, 2.24) is 15.1 Å². The van der Waals surface area contributed by atoms with Crippen molar-refractivity contribution in [1.29, 1.82) is 0 Å². The van der Waals surface area contributed by atoms with E-state index >= 15 is 0 Å². The first-order chi connectivity index (χ1) is 13.9. The number of halogens is 1. The maximum absolute atomic E-state index is 12.3. The number of aryl methyl sites for hydroxylation is 2. The molecule has 29 heavy (non-hydrogen) atoms. The van der Waals surface area contributed by atoms with Gasteiger partial charge < -0.3 is 14.1 Å². The van der Waals surface area contributed by atoms with Gasteiger partial charge in [0.05, 0.1) is 22.9 Å². The van der Waals surface area contributed by atoms with Gasteiger partial charge in [-0.3, -0.25) is 4.79 Å². The minimum absolute atomic E-state index is 0.0449. The summed E-state index contributed by atoms with van der Waals surface area (Å²) in [4.78, 5) is 14.0. The summed E-state index contributed by atoms with van der Waals surface area (Å²) in [5, 5.41) is 8.84. The van der Waals surface area contributed by atoms with Gasteiger partial charge in [-0.25, -0.2) is 0 Å². The topological polar surface area (TPSA) is 68.5 Å². The highest BCUT2D eigenvalue weighted by Crippen LogP contribution is 2.28. The Balaban J connectivity index is 1.46. The van der Waals surface area contributed by atoms with Gasteiger partial charge in [-0.2, -0.15) is 0 Å². The maximum atomic E-state index is 12.3. The Morgan fingerprint density at radius 3 is 2.62 bits per heavy atom. The Hall–Kier alpha value is -2.51. The molecule has 0 unspecified atom stereocenters. The van der Waals surface area contributed by atoms with E-state index in [1.807, 2.05) is 38.1 Å². The van der Waals surface area contributed by atoms with E-state index < -0.39 is 0 Å². The number of hydrogen-bond acceptors (Lipinski definition) is 6. The van der Waals surface area contributed by atoms with Crippen LogP contribution in [0.1, 0.15) is 11.1 Å². The number of benzene rings is 2. The number of ether oxygens (including phenoxy) is 1. The molecule has 0 spiro atoms. The lowest BCUT2D eigenvalue weighted by Crippen LogP contribution is -2.32. The summed E-state index contributed by atoms with van der Waals surface area (Å²) < 4.78 is 11.4. The summed E-state index contributed by atoms with van der Waals surface area (Å²) in [5.41, 5.74) is 2.97. The smallest absolute Gasteiger partial charge is 0.277 e. The van der Waals surface area contributed by atoms with Crippen LogP contribution in [0.3, 0.4) is 0 Å². The monoisotopic (exact) mass is 431 g/mol. The van der Waals surface area contributed by atoms with Crippen LogP contribution in [0.2, 0.25) is 5.02 Å². The molecule has 2 aromatic carbocycles. The van der Waals surface area contributed by atoms with Crippen LogP contribution < -0.4 is 4.74 Å². The first-order valence-corrected chi connectivity index (χ1v) is 10.4. The molecule has 1 amide bonds. The molecule has 0 aliphatic carbocycles. The van der Waals surface area contributed by atoms with Gasteiger partial charge in [0.15, 0.2) is 0 Å². The molecule has 8 heteroatoms. The van der Waals surface area contributed by atoms with E-state index in [0.717, 1.165) is 16.9 Å². The second kappa shape index (κ2) is 9.80. The molecule has 0 aliphatic heterocycles. The standard InChI is InChI=1S/C21H22ClN3O3S/c1-14-10-15(2)12-16(11-14)27-9-8-25(3)19(26)13-29-21-24-23-20(28-21)17-6-4-5-7-18(17)22/h4-7,10-12H,8-9,13H2,1-3H3. The molecule has 0 aliphatic rings. The minimum Gasteiger partial charge on any atom is -0.492 e. The summed E-state index contributed by atoms with van der Waals surface area (Å²) >= 11 is 7.34. The van der Waals surface area contributed by atoms with E-state index in [4.69, 9.17) is 20.8 Å². The van der Waals surface area contributed by atoms with E-state index in [-0.39, 0.29) is 11.7 Å². The molecule has 0 atom stereocenters. The van der Waals surface area contributed by atoms with Crippen LogP contribution in [0.4, 0.5) is 0 Å². The second-order valence-electron chi connectivity index (χ2n) is 6.63. The third-order valence-corrected chi connectivity index (χ3v) is 5.28. The normalized spacial score (nSPS) is 10.8. The van der Waals surface area contributed by atoms with Gasteiger partial charge >= 0.3 is 0 Å². The number of carbonyl (C=O) groups is 1. The van der Waals surface area contributed by atoms with Crippen molar-refractivity contribution in [3.63, 3.8) is 0 Å². The molecule has 152 valence electrons. The van der Waals surface area contributed by atoms with Gasteiger partial charge in [-0.05, 0) is 49.2 Å². The fraction of sp³-hybridized carbons (Fsp3) is 0.286. The number of aromatic nitrogens is 2. The molecule has 3 rings (SSSR count). The number of rotatable bonds is 8. The number of carbonyl (C=O) groups excluding carboxylic acids is 1. The Labute approximate surface area is 179 Å². The summed E-state index contributed by atoms with van der Waals surface area (Å²) in [6, 6.07) is 13.3. The van der Waals surface area contributed by atoms with Crippen molar-refractivity contribution in [3.05, 3.63) is 58.6 Å². The van der Waals surface area contributed by atoms with Gasteiger partial charge in [0.1, 0.15) is 12.4 Å². The molecule has 0 fully saturated rings. The molecule has 0 bridgehead atoms. The Morgan fingerprint density at radius 2 is 1.90 bits per heavy atom. The number of hydrogen-bond donors (Lipinski definition) is 0. The van der Waals surface area contributed by atoms with E-state index in [0.29, 0.717) is 34.9 Å². The van der Waals surface area contributed by atoms with E-state index in [1.165, 1.54) is 11.8 Å². The van der Waals surface area contributed by atoms with Gasteiger partial charge in [0.2, 0.25) is 11.8 Å². The van der Waals surface area contributed by atoms with Gasteiger partial charge in [-0.15, -0.1) is 10.2 Å². The van der Waals surface area contributed by atoms with E-state index in [1.54, 1.807) is 24.1 Å². The third-order valence-electron chi connectivity index (χ3n) is 4.15. The van der Waals surface area contributed by atoms with Crippen molar-refractivity contribution < 1.29 is 13.9 Å². The fourth-order valence-corrected chi connectivity index (χ4v) is 3.61. The molecule has 3 aromatic rings. The lowest BCUT2D eigenvalue weighted by atomic mass is 10.1. The number of thioether (sulfide) groups is 1. The Kier molecular flexibility index (Phi) is 7.17. The molecule has 0 N–H and O–H groups in total. The first kappa shape index (κ1) is 21.2. The lowest BCUT2D eigenvalue weighted by Gasteiger charge is -2.17. The molecule has 1 heterocycles. The van der Waals surface area contributed by atoms with Crippen LogP contribution in [0.5, 0.6) is 5.75 Å². The van der Waals surface area contributed by atoms with Gasteiger partial charge in [-0.1, -0.05) is 41.6 Å². The van der Waals surface area contributed by atoms with Crippen molar-refractivity contribution in [3.8, 4) is 17.2 Å². The number of likely N-dealkylation sites (N-methyl/N-ethyl adjacent to an activating group) is 1. The quantitative estimate of drug-likeness (QED) is 0.484. The average Bonchev–Trinajstić information content (AvgIpc) is 3.14. The van der Waals surface area contributed by atoms with Crippen LogP contribution in [0, 0.1) is 13.8 Å². The molecular weight excluding hydrogens is 410 g/mol. The Morgan fingerprint density at radius 1 is 1.17 bits per heavy atom. The van der Waals surface area contributed by atoms with Gasteiger partial charge in [0.25, 0.3) is 5.22 Å². The van der Waals surface area contributed by atoms with Crippen LogP contribution in [-0.2, 0) is 4.79 Å². The van der Waals surface area contributed by atoms with Gasteiger partial charge in [0, 0.05) is 7.05 Å². The molecule has 0 saturated heterocycles. The van der Waals surface area contributed by atoms with Crippen LogP contribution in [0.15, 0.2) is 52.1 Å². The third kappa shape index (κ3) is 5.98. The molecule has 6 nitrogen and oxygen atoms in total. The fourth-order valence-electron chi connectivity index (χ4n) is 2.69.